The average Bonchev–Trinajstić information content (AvgIpc) is 2.74. The summed E-state index contributed by atoms with van der Waals surface area (Å²) >= 11 is 0. The molecular formula is C22H23N3O3. The molecule has 0 saturated heterocycles. The Kier molecular flexibility index (Phi) is 4.77. The van der Waals surface area contributed by atoms with Crippen molar-refractivity contribution >= 4 is 23.0 Å². The smallest absolute Gasteiger partial charge is 0.251 e. The third-order valence-corrected chi connectivity index (χ3v) is 5.33. The molecule has 2 atom stereocenters. The highest BCUT2D eigenvalue weighted by Gasteiger charge is 2.40. The minimum atomic E-state index is -0.136. The fourth-order valence-corrected chi connectivity index (χ4v) is 3.85. The predicted octanol–water partition coefficient (Wildman–Crippen LogP) is 3.62. The van der Waals surface area contributed by atoms with Crippen molar-refractivity contribution in [3.8, 4) is 11.5 Å². The van der Waals surface area contributed by atoms with Crippen molar-refractivity contribution in [3.05, 3.63) is 60.2 Å². The lowest BCUT2D eigenvalue weighted by molar-refractivity contribution is -0.123. The van der Waals surface area contributed by atoms with Crippen LogP contribution in [0.5, 0.6) is 11.5 Å². The van der Waals surface area contributed by atoms with Crippen LogP contribution in [0.25, 0.3) is 0 Å². The van der Waals surface area contributed by atoms with Crippen molar-refractivity contribution in [2.24, 2.45) is 16.9 Å². The third-order valence-electron chi connectivity index (χ3n) is 5.33. The van der Waals surface area contributed by atoms with Crippen molar-refractivity contribution < 1.29 is 14.3 Å². The zero-order chi connectivity index (χ0) is 19.7. The molecule has 0 bridgehead atoms. The minimum absolute atomic E-state index is 0.0170. The fourth-order valence-electron chi connectivity index (χ4n) is 3.85. The number of fused-ring (bicyclic) bond motifs is 1. The maximum absolute atomic E-state index is 13.2. The zero-order valence-corrected chi connectivity index (χ0v) is 16.0. The van der Waals surface area contributed by atoms with Gasteiger partial charge in [-0.25, -0.2) is 5.01 Å². The van der Waals surface area contributed by atoms with Gasteiger partial charge in [-0.1, -0.05) is 12.2 Å². The second-order valence-corrected chi connectivity index (χ2v) is 6.95. The van der Waals surface area contributed by atoms with Gasteiger partial charge < -0.3 is 15.2 Å². The van der Waals surface area contributed by atoms with Crippen LogP contribution < -0.4 is 20.2 Å². The molecule has 28 heavy (non-hydrogen) atoms. The van der Waals surface area contributed by atoms with E-state index >= 15 is 0 Å². The predicted molar refractivity (Wildman–Crippen MR) is 110 cm³/mol. The Morgan fingerprint density at radius 1 is 0.964 bits per heavy atom. The minimum Gasteiger partial charge on any atom is -0.493 e. The molecule has 1 aliphatic carbocycles. The van der Waals surface area contributed by atoms with Crippen LogP contribution >= 0.6 is 0 Å². The number of rotatable bonds is 4. The summed E-state index contributed by atoms with van der Waals surface area (Å²) in [6.07, 6.45) is 5.71. The molecule has 2 aliphatic rings. The Morgan fingerprint density at radius 2 is 1.64 bits per heavy atom. The van der Waals surface area contributed by atoms with E-state index in [-0.39, 0.29) is 17.7 Å². The first-order valence-corrected chi connectivity index (χ1v) is 9.27. The van der Waals surface area contributed by atoms with Crippen molar-refractivity contribution in [1.29, 1.82) is 0 Å². The first kappa shape index (κ1) is 18.1. The van der Waals surface area contributed by atoms with Crippen LogP contribution in [0.4, 0.5) is 11.4 Å². The van der Waals surface area contributed by atoms with Crippen LogP contribution in [-0.2, 0) is 4.79 Å². The van der Waals surface area contributed by atoms with E-state index in [4.69, 9.17) is 20.3 Å². The van der Waals surface area contributed by atoms with E-state index in [0.29, 0.717) is 29.3 Å². The lowest BCUT2D eigenvalue weighted by atomic mass is 9.76. The summed E-state index contributed by atoms with van der Waals surface area (Å²) in [5.41, 5.74) is 8.97. The number of carbonyl (C=O) groups excluding carboxylic acids is 1. The third kappa shape index (κ3) is 3.11. The lowest BCUT2D eigenvalue weighted by Crippen LogP contribution is -2.45. The SMILES string of the molecule is COc1ccc(C2=NN(c3ccc(N)cc3)C(=O)[C@H]3CC=CC[C@@H]23)cc1OC. The van der Waals surface area contributed by atoms with Crippen molar-refractivity contribution in [1.82, 2.24) is 0 Å². The van der Waals surface area contributed by atoms with E-state index in [1.165, 1.54) is 5.01 Å². The van der Waals surface area contributed by atoms with Crippen LogP contribution in [0.1, 0.15) is 18.4 Å². The molecular weight excluding hydrogens is 354 g/mol. The van der Waals surface area contributed by atoms with Crippen molar-refractivity contribution in [2.45, 2.75) is 12.8 Å². The van der Waals surface area contributed by atoms with Crippen LogP contribution in [0.3, 0.4) is 0 Å². The number of amides is 1. The number of benzene rings is 2. The molecule has 2 aromatic carbocycles. The van der Waals surface area contributed by atoms with Crippen molar-refractivity contribution in [3.63, 3.8) is 0 Å². The Hall–Kier alpha value is -3.28. The van der Waals surface area contributed by atoms with Gasteiger partial charge in [0.05, 0.1) is 31.5 Å². The second-order valence-electron chi connectivity index (χ2n) is 6.95. The lowest BCUT2D eigenvalue weighted by Gasteiger charge is -2.37. The monoisotopic (exact) mass is 377 g/mol. The number of hydrogen-bond donors (Lipinski definition) is 1. The first-order chi connectivity index (χ1) is 13.6. The van der Waals surface area contributed by atoms with Crippen LogP contribution in [0, 0.1) is 11.8 Å². The summed E-state index contributed by atoms with van der Waals surface area (Å²) in [4.78, 5) is 13.2. The number of hydrogen-bond acceptors (Lipinski definition) is 5. The van der Waals surface area contributed by atoms with E-state index in [9.17, 15) is 4.79 Å². The number of nitrogens with zero attached hydrogens (tertiary/aromatic N) is 2. The molecule has 0 fully saturated rings. The van der Waals surface area contributed by atoms with Crippen LogP contribution in [-0.4, -0.2) is 25.8 Å². The van der Waals surface area contributed by atoms with E-state index < -0.39 is 0 Å². The van der Waals surface area contributed by atoms with E-state index in [0.717, 1.165) is 17.7 Å². The molecule has 0 radical (unpaired) electrons. The molecule has 6 heteroatoms. The van der Waals surface area contributed by atoms with Gasteiger partial charge in [0.2, 0.25) is 0 Å². The van der Waals surface area contributed by atoms with Gasteiger partial charge in [-0.05, 0) is 55.3 Å². The number of nitrogens with two attached hydrogens (primary N) is 1. The molecule has 1 heterocycles. The van der Waals surface area contributed by atoms with E-state index in [1.54, 1.807) is 26.4 Å². The maximum atomic E-state index is 13.2. The van der Waals surface area contributed by atoms with Gasteiger partial charge in [0.15, 0.2) is 11.5 Å². The zero-order valence-electron chi connectivity index (χ0n) is 16.0. The average molecular weight is 377 g/mol. The highest BCUT2D eigenvalue weighted by atomic mass is 16.5. The fraction of sp³-hybridized carbons (Fsp3) is 0.273. The Labute approximate surface area is 164 Å². The summed E-state index contributed by atoms with van der Waals surface area (Å²) in [6.45, 7) is 0. The van der Waals surface area contributed by atoms with Crippen LogP contribution in [0.15, 0.2) is 59.7 Å². The first-order valence-electron chi connectivity index (χ1n) is 9.27. The van der Waals surface area contributed by atoms with Crippen LogP contribution in [0.2, 0.25) is 0 Å². The molecule has 144 valence electrons. The van der Waals surface area contributed by atoms with E-state index in [2.05, 4.69) is 12.2 Å². The molecule has 1 amide bonds. The number of methoxy groups -OCH3 is 2. The number of allylic oxidation sites excluding steroid dienone is 2. The molecule has 1 aliphatic heterocycles. The van der Waals surface area contributed by atoms with Gasteiger partial charge in [0.1, 0.15) is 0 Å². The summed E-state index contributed by atoms with van der Waals surface area (Å²) in [7, 11) is 3.22. The van der Waals surface area contributed by atoms with Gasteiger partial charge in [-0.3, -0.25) is 4.79 Å². The van der Waals surface area contributed by atoms with Gasteiger partial charge in [-0.2, -0.15) is 5.10 Å². The highest BCUT2D eigenvalue weighted by molar-refractivity contribution is 6.11. The number of nitrogen functional groups attached to an aromatic ring is 1. The standard InChI is InChI=1S/C22H23N3O3/c1-27-19-12-7-14(13-20(19)28-2)21-17-5-3-4-6-18(17)22(26)25(24-21)16-10-8-15(23)9-11-16/h3-4,7-13,17-18H,5-6,23H2,1-2H3/t17-,18+/m1/s1. The number of carbonyl (C=O) groups is 1. The van der Waals surface area contributed by atoms with Gasteiger partial charge >= 0.3 is 0 Å². The topological polar surface area (TPSA) is 77.1 Å². The van der Waals surface area contributed by atoms with E-state index in [1.807, 2.05) is 30.3 Å². The molecule has 0 spiro atoms. The largest absolute Gasteiger partial charge is 0.493 e. The summed E-state index contributed by atoms with van der Waals surface area (Å²) < 4.78 is 10.8. The maximum Gasteiger partial charge on any atom is 0.251 e. The second kappa shape index (κ2) is 7.38. The molecule has 2 N–H and O–H groups in total. The van der Waals surface area contributed by atoms with Gasteiger partial charge in [-0.15, -0.1) is 0 Å². The number of anilines is 2. The summed E-state index contributed by atoms with van der Waals surface area (Å²) in [6, 6.07) is 13.0. The molecule has 0 aromatic heterocycles. The Balaban J connectivity index is 1.82. The molecule has 2 aromatic rings. The number of hydrazone groups is 1. The highest BCUT2D eigenvalue weighted by Crippen LogP contribution is 2.38. The Bertz CT molecular complexity index is 950. The number of ether oxygens (including phenoxy) is 2. The summed E-state index contributed by atoms with van der Waals surface area (Å²) in [5, 5.41) is 6.28. The normalized spacial score (nSPS) is 21.1. The van der Waals surface area contributed by atoms with Crippen molar-refractivity contribution in [2.75, 3.05) is 25.0 Å². The Morgan fingerprint density at radius 3 is 2.32 bits per heavy atom. The van der Waals surface area contributed by atoms with Gasteiger partial charge in [0.25, 0.3) is 5.91 Å². The molecule has 4 rings (SSSR count). The molecule has 0 saturated carbocycles. The molecule has 6 nitrogen and oxygen atoms in total. The van der Waals surface area contributed by atoms with Gasteiger partial charge in [0, 0.05) is 17.2 Å². The summed E-state index contributed by atoms with van der Waals surface area (Å²) in [5.74, 6) is 1.22. The molecule has 0 unspecified atom stereocenters. The quantitative estimate of drug-likeness (QED) is 0.652.